The lowest BCUT2D eigenvalue weighted by Gasteiger charge is -2.30. The molecule has 2 heterocycles. The molecule has 1 aliphatic rings. The van der Waals surface area contributed by atoms with Gasteiger partial charge in [0, 0.05) is 17.6 Å². The summed E-state index contributed by atoms with van der Waals surface area (Å²) in [6.45, 7) is 5.81. The maximum absolute atomic E-state index is 12.0. The third kappa shape index (κ3) is 3.22. The number of carbonyl (C=O) groups excluding carboxylic acids is 1. The smallest absolute Gasteiger partial charge is 0.323 e. The number of nitrogens with zero attached hydrogens (tertiary/aromatic N) is 2. The Labute approximate surface area is 116 Å². The molecular weight excluding hydrogens is 294 g/mol. The number of aryl methyl sites for hydroxylation is 1. The zero-order valence-corrected chi connectivity index (χ0v) is 12.3. The van der Waals surface area contributed by atoms with Gasteiger partial charge >= 0.3 is 6.03 Å². The van der Waals surface area contributed by atoms with Crippen molar-refractivity contribution in [2.45, 2.75) is 26.7 Å². The Morgan fingerprint density at radius 3 is 2.72 bits per heavy atom. The number of hydrogen-bond donors (Lipinski definition) is 1. The van der Waals surface area contributed by atoms with Gasteiger partial charge in [-0.1, -0.05) is 6.92 Å². The molecule has 0 aromatic carbocycles. The van der Waals surface area contributed by atoms with Crippen molar-refractivity contribution in [2.24, 2.45) is 5.92 Å². The first-order chi connectivity index (χ1) is 8.56. The number of anilines is 1. The number of hydrogen-bond acceptors (Lipinski definition) is 2. The number of pyridine rings is 1. The van der Waals surface area contributed by atoms with Gasteiger partial charge in [0.05, 0.1) is 5.69 Å². The number of halogens is 1. The lowest BCUT2D eigenvalue weighted by Crippen LogP contribution is -2.40. The van der Waals surface area contributed by atoms with Crippen molar-refractivity contribution in [1.82, 2.24) is 9.88 Å². The summed E-state index contributed by atoms with van der Waals surface area (Å²) in [7, 11) is 0. The second kappa shape index (κ2) is 5.69. The predicted octanol–water partition coefficient (Wildman–Crippen LogP) is 3.42. The molecule has 98 valence electrons. The largest absolute Gasteiger partial charge is 0.324 e. The SMILES string of the molecule is Cc1nc(NC(=O)N2CCC(C)CC2)ccc1Br. The Morgan fingerprint density at radius 2 is 2.11 bits per heavy atom. The molecule has 1 N–H and O–H groups in total. The van der Waals surface area contributed by atoms with Crippen molar-refractivity contribution in [3.8, 4) is 0 Å². The molecule has 1 aromatic rings. The van der Waals surface area contributed by atoms with E-state index in [1.165, 1.54) is 0 Å². The topological polar surface area (TPSA) is 45.2 Å². The molecule has 2 rings (SSSR count). The molecule has 0 saturated carbocycles. The molecule has 1 aromatic heterocycles. The lowest BCUT2D eigenvalue weighted by molar-refractivity contribution is 0.186. The highest BCUT2D eigenvalue weighted by Crippen LogP contribution is 2.19. The van der Waals surface area contributed by atoms with Crippen molar-refractivity contribution < 1.29 is 4.79 Å². The Bertz CT molecular complexity index is 442. The number of urea groups is 1. The minimum atomic E-state index is -0.0453. The zero-order valence-electron chi connectivity index (χ0n) is 10.7. The normalized spacial score (nSPS) is 16.7. The van der Waals surface area contributed by atoms with Crippen LogP contribution in [0, 0.1) is 12.8 Å². The average Bonchev–Trinajstić information content (AvgIpc) is 2.34. The molecule has 1 aliphatic heterocycles. The van der Waals surface area contributed by atoms with Crippen molar-refractivity contribution in [3.63, 3.8) is 0 Å². The van der Waals surface area contributed by atoms with Gasteiger partial charge in [-0.15, -0.1) is 0 Å². The fourth-order valence-corrected chi connectivity index (χ4v) is 2.23. The van der Waals surface area contributed by atoms with Crippen LogP contribution in [0.4, 0.5) is 10.6 Å². The highest BCUT2D eigenvalue weighted by atomic mass is 79.9. The second-order valence-electron chi connectivity index (χ2n) is 4.86. The number of rotatable bonds is 1. The summed E-state index contributed by atoms with van der Waals surface area (Å²) in [5, 5.41) is 2.85. The minimum Gasteiger partial charge on any atom is -0.324 e. The van der Waals surface area contributed by atoms with Gasteiger partial charge in [-0.05, 0) is 53.7 Å². The summed E-state index contributed by atoms with van der Waals surface area (Å²) in [5.41, 5.74) is 0.875. The van der Waals surface area contributed by atoms with Crippen LogP contribution in [0.25, 0.3) is 0 Å². The Kier molecular flexibility index (Phi) is 4.22. The Balaban J connectivity index is 1.96. The third-order valence-corrected chi connectivity index (χ3v) is 4.17. The van der Waals surface area contributed by atoms with Crippen LogP contribution in [0.2, 0.25) is 0 Å². The van der Waals surface area contributed by atoms with Crippen LogP contribution in [0.15, 0.2) is 16.6 Å². The Hall–Kier alpha value is -1.10. The van der Waals surface area contributed by atoms with Crippen molar-refractivity contribution in [2.75, 3.05) is 18.4 Å². The van der Waals surface area contributed by atoms with E-state index in [2.05, 4.69) is 33.2 Å². The maximum atomic E-state index is 12.0. The quantitative estimate of drug-likeness (QED) is 0.863. The fraction of sp³-hybridized carbons (Fsp3) is 0.538. The molecule has 18 heavy (non-hydrogen) atoms. The van der Waals surface area contributed by atoms with Gasteiger partial charge in [0.15, 0.2) is 0 Å². The van der Waals surface area contributed by atoms with Gasteiger partial charge in [0.1, 0.15) is 5.82 Å². The van der Waals surface area contributed by atoms with Gasteiger partial charge in [0.25, 0.3) is 0 Å². The summed E-state index contributed by atoms with van der Waals surface area (Å²) in [5.74, 6) is 1.33. The minimum absolute atomic E-state index is 0.0453. The molecule has 4 nitrogen and oxygen atoms in total. The van der Waals surface area contributed by atoms with Crippen LogP contribution in [0.1, 0.15) is 25.5 Å². The average molecular weight is 312 g/mol. The van der Waals surface area contributed by atoms with E-state index >= 15 is 0 Å². The van der Waals surface area contributed by atoms with E-state index in [1.54, 1.807) is 0 Å². The second-order valence-corrected chi connectivity index (χ2v) is 5.72. The van der Waals surface area contributed by atoms with E-state index in [4.69, 9.17) is 0 Å². The summed E-state index contributed by atoms with van der Waals surface area (Å²) in [6.07, 6.45) is 2.17. The standard InChI is InChI=1S/C13H18BrN3O/c1-9-5-7-17(8-6-9)13(18)16-12-4-3-11(14)10(2)15-12/h3-4,9H,5-8H2,1-2H3,(H,15,16,18). The third-order valence-electron chi connectivity index (χ3n) is 3.33. The first-order valence-corrected chi connectivity index (χ1v) is 7.04. The van der Waals surface area contributed by atoms with Crippen LogP contribution in [0.3, 0.4) is 0 Å². The summed E-state index contributed by atoms with van der Waals surface area (Å²) in [6, 6.07) is 3.66. The molecule has 1 saturated heterocycles. The van der Waals surface area contributed by atoms with Gasteiger partial charge in [-0.3, -0.25) is 5.32 Å². The van der Waals surface area contributed by atoms with Crippen LogP contribution >= 0.6 is 15.9 Å². The van der Waals surface area contributed by atoms with Crippen LogP contribution in [0.5, 0.6) is 0 Å². The summed E-state index contributed by atoms with van der Waals surface area (Å²) in [4.78, 5) is 18.2. The van der Waals surface area contributed by atoms with Crippen LogP contribution < -0.4 is 5.32 Å². The molecule has 0 radical (unpaired) electrons. The first kappa shape index (κ1) is 13.3. The van der Waals surface area contributed by atoms with Crippen LogP contribution in [-0.4, -0.2) is 29.0 Å². The summed E-state index contributed by atoms with van der Waals surface area (Å²) >= 11 is 3.39. The van der Waals surface area contributed by atoms with E-state index in [0.29, 0.717) is 5.82 Å². The van der Waals surface area contributed by atoms with E-state index in [0.717, 1.165) is 42.0 Å². The molecule has 0 atom stereocenters. The Morgan fingerprint density at radius 1 is 1.44 bits per heavy atom. The molecule has 0 aliphatic carbocycles. The number of likely N-dealkylation sites (tertiary alicyclic amines) is 1. The molecule has 0 unspecified atom stereocenters. The number of nitrogens with one attached hydrogen (secondary N) is 1. The maximum Gasteiger partial charge on any atom is 0.323 e. The predicted molar refractivity (Wildman–Crippen MR) is 75.7 cm³/mol. The van der Waals surface area contributed by atoms with Gasteiger partial charge in [-0.2, -0.15) is 0 Å². The lowest BCUT2D eigenvalue weighted by atomic mass is 10.00. The number of carbonyl (C=O) groups is 1. The first-order valence-electron chi connectivity index (χ1n) is 6.25. The molecule has 2 amide bonds. The van der Waals surface area contributed by atoms with Gasteiger partial charge < -0.3 is 4.90 Å². The van der Waals surface area contributed by atoms with Gasteiger partial charge in [0.2, 0.25) is 0 Å². The highest BCUT2D eigenvalue weighted by molar-refractivity contribution is 9.10. The molecule has 5 heteroatoms. The number of amides is 2. The number of aromatic nitrogens is 1. The van der Waals surface area contributed by atoms with E-state index < -0.39 is 0 Å². The molecule has 1 fully saturated rings. The molecular formula is C13H18BrN3O. The fourth-order valence-electron chi connectivity index (χ4n) is 2.01. The van der Waals surface area contributed by atoms with Crippen molar-refractivity contribution >= 4 is 27.8 Å². The van der Waals surface area contributed by atoms with Crippen molar-refractivity contribution in [3.05, 3.63) is 22.3 Å². The van der Waals surface area contributed by atoms with Gasteiger partial charge in [-0.25, -0.2) is 9.78 Å². The molecule has 0 spiro atoms. The van der Waals surface area contributed by atoms with E-state index in [9.17, 15) is 4.79 Å². The zero-order chi connectivity index (χ0) is 13.1. The monoisotopic (exact) mass is 311 g/mol. The molecule has 0 bridgehead atoms. The number of piperidine rings is 1. The van der Waals surface area contributed by atoms with E-state index in [-0.39, 0.29) is 6.03 Å². The summed E-state index contributed by atoms with van der Waals surface area (Å²) < 4.78 is 0.951. The van der Waals surface area contributed by atoms with E-state index in [1.807, 2.05) is 24.0 Å². The van der Waals surface area contributed by atoms with Crippen LogP contribution in [-0.2, 0) is 0 Å². The van der Waals surface area contributed by atoms with Crippen molar-refractivity contribution in [1.29, 1.82) is 0 Å². The highest BCUT2D eigenvalue weighted by Gasteiger charge is 2.20.